The van der Waals surface area contributed by atoms with Crippen molar-refractivity contribution < 1.29 is 9.21 Å². The number of aliphatic imine (C=N–C) groups is 1. The fourth-order valence-corrected chi connectivity index (χ4v) is 2.19. The number of para-hydroxylation sites is 2. The lowest BCUT2D eigenvalue weighted by molar-refractivity contribution is 0.256. The number of amides is 2. The number of carbonyl (C=O) groups excluding carboxylic acids is 1. The number of hydrogen-bond acceptors (Lipinski definition) is 4. The van der Waals surface area contributed by atoms with Gasteiger partial charge in [-0.05, 0) is 30.3 Å². The minimum absolute atomic E-state index is 0.0449. The smallest absolute Gasteiger partial charge is 0.325 e. The molecule has 3 aromatic rings. The van der Waals surface area contributed by atoms with E-state index >= 15 is 0 Å². The molecule has 2 aromatic carbocycles. The van der Waals surface area contributed by atoms with E-state index in [4.69, 9.17) is 33.4 Å². The molecule has 3 rings (SSSR count). The number of oxazole rings is 1. The summed E-state index contributed by atoms with van der Waals surface area (Å²) in [6, 6.07) is 11.3. The van der Waals surface area contributed by atoms with Gasteiger partial charge in [0.15, 0.2) is 5.58 Å². The molecule has 4 N–H and O–H groups in total. The minimum Gasteiger partial charge on any atom is -0.422 e. The average Bonchev–Trinajstić information content (AvgIpc) is 2.92. The van der Waals surface area contributed by atoms with E-state index in [-0.39, 0.29) is 12.0 Å². The second-order valence-corrected chi connectivity index (χ2v) is 5.48. The van der Waals surface area contributed by atoms with Crippen LogP contribution in [0.4, 0.5) is 16.5 Å². The van der Waals surface area contributed by atoms with E-state index < -0.39 is 6.03 Å². The van der Waals surface area contributed by atoms with Gasteiger partial charge >= 0.3 is 12.0 Å². The van der Waals surface area contributed by atoms with Gasteiger partial charge in [0.1, 0.15) is 5.52 Å². The Bertz CT molecular complexity index is 906. The van der Waals surface area contributed by atoms with Gasteiger partial charge in [0.25, 0.3) is 0 Å². The van der Waals surface area contributed by atoms with E-state index in [1.807, 2.05) is 12.1 Å². The fraction of sp³-hybridized carbons (Fsp3) is 0. The Labute approximate surface area is 146 Å². The standard InChI is InChI=1S/C15H11Cl2N5O2/c16-9-6-5-8(7-10(9)17)19-14(23)21-13(18)22-15-20-11-3-1-2-4-12(11)24-15/h1-7H,(H4,18,19,20,21,22,23). The third-order valence-corrected chi connectivity index (χ3v) is 3.66. The summed E-state index contributed by atoms with van der Waals surface area (Å²) in [4.78, 5) is 19.9. The van der Waals surface area contributed by atoms with Gasteiger partial charge in [-0.25, -0.2) is 4.79 Å². The van der Waals surface area contributed by atoms with Crippen molar-refractivity contribution in [3.63, 3.8) is 0 Å². The Kier molecular flexibility index (Phi) is 4.54. The maximum absolute atomic E-state index is 11.9. The van der Waals surface area contributed by atoms with Crippen LogP contribution in [0.1, 0.15) is 0 Å². The van der Waals surface area contributed by atoms with Crippen molar-refractivity contribution in [2.75, 3.05) is 5.32 Å². The molecule has 0 radical (unpaired) electrons. The topological polar surface area (TPSA) is 106 Å². The first-order chi connectivity index (χ1) is 11.5. The summed E-state index contributed by atoms with van der Waals surface area (Å²) < 4.78 is 5.39. The van der Waals surface area contributed by atoms with Gasteiger partial charge < -0.3 is 15.5 Å². The van der Waals surface area contributed by atoms with E-state index in [1.54, 1.807) is 24.3 Å². The molecule has 0 atom stereocenters. The van der Waals surface area contributed by atoms with Gasteiger partial charge in [0.05, 0.1) is 10.0 Å². The predicted molar refractivity (Wildman–Crippen MR) is 93.9 cm³/mol. The maximum atomic E-state index is 11.9. The molecule has 2 amide bonds. The Morgan fingerprint density at radius 3 is 2.71 bits per heavy atom. The number of carbonyl (C=O) groups is 1. The number of fused-ring (bicyclic) bond motifs is 1. The molecule has 0 bridgehead atoms. The van der Waals surface area contributed by atoms with Gasteiger partial charge in [0.2, 0.25) is 5.96 Å². The van der Waals surface area contributed by atoms with Crippen LogP contribution in [0.5, 0.6) is 0 Å². The van der Waals surface area contributed by atoms with Crippen LogP contribution >= 0.6 is 23.2 Å². The quantitative estimate of drug-likeness (QED) is 0.474. The normalized spacial score (nSPS) is 11.5. The Morgan fingerprint density at radius 1 is 1.17 bits per heavy atom. The summed E-state index contributed by atoms with van der Waals surface area (Å²) in [5.41, 5.74) is 7.34. The SMILES string of the molecule is N/C(=N/c1nc2ccccc2o1)NC(=O)Nc1ccc(Cl)c(Cl)c1. The van der Waals surface area contributed by atoms with Gasteiger partial charge in [-0.15, -0.1) is 0 Å². The Balaban J connectivity index is 1.67. The number of anilines is 1. The van der Waals surface area contributed by atoms with Gasteiger partial charge in [-0.2, -0.15) is 9.98 Å². The zero-order valence-electron chi connectivity index (χ0n) is 12.1. The van der Waals surface area contributed by atoms with Gasteiger partial charge in [0, 0.05) is 5.69 Å². The predicted octanol–water partition coefficient (Wildman–Crippen LogP) is 3.90. The summed E-state index contributed by atoms with van der Waals surface area (Å²) in [6.45, 7) is 0. The first-order valence-electron chi connectivity index (χ1n) is 6.74. The number of nitrogens with one attached hydrogen (secondary N) is 2. The first kappa shape index (κ1) is 16.1. The first-order valence-corrected chi connectivity index (χ1v) is 7.49. The minimum atomic E-state index is -0.592. The van der Waals surface area contributed by atoms with E-state index in [1.165, 1.54) is 6.07 Å². The number of urea groups is 1. The number of rotatable bonds is 2. The lowest BCUT2D eigenvalue weighted by Gasteiger charge is -2.07. The molecule has 0 fully saturated rings. The van der Waals surface area contributed by atoms with E-state index in [9.17, 15) is 4.79 Å². The number of nitrogens with two attached hydrogens (primary N) is 1. The molecule has 9 heteroatoms. The van der Waals surface area contributed by atoms with Gasteiger partial charge in [-0.3, -0.25) is 5.32 Å². The van der Waals surface area contributed by atoms with Crippen molar-refractivity contribution in [2.45, 2.75) is 0 Å². The highest BCUT2D eigenvalue weighted by molar-refractivity contribution is 6.42. The summed E-state index contributed by atoms with van der Waals surface area (Å²) in [5.74, 6) is -0.167. The largest absolute Gasteiger partial charge is 0.422 e. The molecule has 0 saturated heterocycles. The van der Waals surface area contributed by atoms with Crippen molar-refractivity contribution in [3.8, 4) is 0 Å². The average molecular weight is 364 g/mol. The number of halogens is 2. The Morgan fingerprint density at radius 2 is 1.96 bits per heavy atom. The third-order valence-electron chi connectivity index (χ3n) is 2.92. The van der Waals surface area contributed by atoms with Crippen molar-refractivity contribution in [1.82, 2.24) is 10.3 Å². The highest BCUT2D eigenvalue weighted by atomic mass is 35.5. The van der Waals surface area contributed by atoms with Crippen LogP contribution < -0.4 is 16.4 Å². The molecule has 1 aromatic heterocycles. The molecule has 0 spiro atoms. The van der Waals surface area contributed by atoms with Crippen molar-refractivity contribution in [3.05, 3.63) is 52.5 Å². The summed E-state index contributed by atoms with van der Waals surface area (Å²) in [5, 5.41) is 5.62. The van der Waals surface area contributed by atoms with Gasteiger partial charge in [-0.1, -0.05) is 35.3 Å². The maximum Gasteiger partial charge on any atom is 0.325 e. The lowest BCUT2D eigenvalue weighted by Crippen LogP contribution is -2.39. The molecular formula is C15H11Cl2N5O2. The molecule has 7 nitrogen and oxygen atoms in total. The molecule has 0 aliphatic heterocycles. The summed E-state index contributed by atoms with van der Waals surface area (Å²) >= 11 is 11.7. The summed E-state index contributed by atoms with van der Waals surface area (Å²) in [6.07, 6.45) is 0. The fourth-order valence-electron chi connectivity index (χ4n) is 1.89. The molecular weight excluding hydrogens is 353 g/mol. The molecule has 0 saturated carbocycles. The summed E-state index contributed by atoms with van der Waals surface area (Å²) in [7, 11) is 0. The molecule has 122 valence electrons. The number of nitrogens with zero attached hydrogens (tertiary/aromatic N) is 2. The van der Waals surface area contributed by atoms with Crippen molar-refractivity contribution in [2.24, 2.45) is 10.7 Å². The van der Waals surface area contributed by atoms with Crippen LogP contribution in [0.2, 0.25) is 10.0 Å². The zero-order chi connectivity index (χ0) is 17.1. The van der Waals surface area contributed by atoms with Crippen LogP contribution in [-0.4, -0.2) is 17.0 Å². The monoisotopic (exact) mass is 363 g/mol. The number of aromatic nitrogens is 1. The van der Waals surface area contributed by atoms with Crippen LogP contribution in [-0.2, 0) is 0 Å². The molecule has 0 unspecified atom stereocenters. The highest BCUT2D eigenvalue weighted by Gasteiger charge is 2.08. The molecule has 0 aliphatic rings. The molecule has 24 heavy (non-hydrogen) atoms. The van der Waals surface area contributed by atoms with Crippen LogP contribution in [0.25, 0.3) is 11.1 Å². The lowest BCUT2D eigenvalue weighted by atomic mass is 10.3. The van der Waals surface area contributed by atoms with E-state index in [2.05, 4.69) is 20.6 Å². The Hall–Kier alpha value is -2.77. The second-order valence-electron chi connectivity index (χ2n) is 4.67. The van der Waals surface area contributed by atoms with E-state index in [0.29, 0.717) is 26.8 Å². The molecule has 1 heterocycles. The van der Waals surface area contributed by atoms with Crippen LogP contribution in [0.3, 0.4) is 0 Å². The van der Waals surface area contributed by atoms with Crippen LogP contribution in [0, 0.1) is 0 Å². The number of benzene rings is 2. The number of hydrogen-bond donors (Lipinski definition) is 3. The van der Waals surface area contributed by atoms with E-state index in [0.717, 1.165) is 0 Å². The third kappa shape index (κ3) is 3.76. The van der Waals surface area contributed by atoms with Crippen molar-refractivity contribution >= 4 is 58.0 Å². The number of guanidine groups is 1. The van der Waals surface area contributed by atoms with Crippen molar-refractivity contribution in [1.29, 1.82) is 0 Å². The highest BCUT2D eigenvalue weighted by Crippen LogP contribution is 2.25. The molecule has 0 aliphatic carbocycles. The van der Waals surface area contributed by atoms with Crippen LogP contribution in [0.15, 0.2) is 51.9 Å². The second kappa shape index (κ2) is 6.77. The zero-order valence-corrected chi connectivity index (χ0v) is 13.6.